The van der Waals surface area contributed by atoms with E-state index >= 15 is 0 Å². The highest BCUT2D eigenvalue weighted by Crippen LogP contribution is 2.09. The lowest BCUT2D eigenvalue weighted by Crippen LogP contribution is -2.60. The molecule has 8 N–H and O–H groups in total. The van der Waals surface area contributed by atoms with Crippen LogP contribution in [0.5, 0.6) is 0 Å². The fourth-order valence-electron chi connectivity index (χ4n) is 3.21. The van der Waals surface area contributed by atoms with E-state index in [-0.39, 0.29) is 6.42 Å². The maximum absolute atomic E-state index is 12.8. The van der Waals surface area contributed by atoms with Crippen LogP contribution in [0.15, 0.2) is 30.3 Å². The van der Waals surface area contributed by atoms with E-state index < -0.39 is 72.3 Å². The molecular weight excluding hydrogens is 460 g/mol. The molecule has 0 bridgehead atoms. The third-order valence-corrected chi connectivity index (χ3v) is 5.49. The Morgan fingerprint density at radius 1 is 0.886 bits per heavy atom. The van der Waals surface area contributed by atoms with Crippen molar-refractivity contribution in [3.63, 3.8) is 0 Å². The minimum absolute atomic E-state index is 0.138. The van der Waals surface area contributed by atoms with Gasteiger partial charge in [0.2, 0.25) is 17.7 Å². The lowest BCUT2D eigenvalue weighted by Gasteiger charge is -2.27. The second-order valence-corrected chi connectivity index (χ2v) is 8.39. The molecule has 0 radical (unpaired) electrons. The highest BCUT2D eigenvalue weighted by atomic mass is 16.4. The first-order chi connectivity index (χ1) is 16.4. The van der Waals surface area contributed by atoms with Gasteiger partial charge in [0.05, 0.1) is 18.6 Å². The minimum atomic E-state index is -1.60. The van der Waals surface area contributed by atoms with E-state index in [4.69, 9.17) is 5.73 Å². The van der Waals surface area contributed by atoms with E-state index in [1.54, 1.807) is 44.2 Å². The van der Waals surface area contributed by atoms with Gasteiger partial charge >= 0.3 is 11.9 Å². The third kappa shape index (κ3) is 9.71. The van der Waals surface area contributed by atoms with Gasteiger partial charge in [0, 0.05) is 0 Å². The number of carboxylic acid groups (broad SMARTS) is 2. The smallest absolute Gasteiger partial charge is 0.326 e. The van der Waals surface area contributed by atoms with Crippen LogP contribution in [-0.2, 0) is 30.4 Å². The Labute approximate surface area is 203 Å². The molecule has 0 heterocycles. The number of rotatable bonds is 14. The zero-order valence-electron chi connectivity index (χ0n) is 19.9. The molecule has 0 fully saturated rings. The fraction of sp³-hybridized carbons (Fsp3) is 0.522. The summed E-state index contributed by atoms with van der Waals surface area (Å²) in [7, 11) is 0. The van der Waals surface area contributed by atoms with Crippen LogP contribution < -0.4 is 21.7 Å². The van der Waals surface area contributed by atoms with Gasteiger partial charge in [-0.3, -0.25) is 19.2 Å². The molecular formula is C23H34N4O8. The fourth-order valence-corrected chi connectivity index (χ4v) is 3.21. The summed E-state index contributed by atoms with van der Waals surface area (Å²) in [5.74, 6) is -5.93. The van der Waals surface area contributed by atoms with Gasteiger partial charge in [-0.15, -0.1) is 0 Å². The average molecular weight is 495 g/mol. The zero-order chi connectivity index (χ0) is 26.7. The number of nitrogens with two attached hydrogens (primary N) is 1. The van der Waals surface area contributed by atoms with Gasteiger partial charge in [-0.05, 0) is 24.8 Å². The normalized spacial score (nSPS) is 16.0. The van der Waals surface area contributed by atoms with Crippen LogP contribution in [0.25, 0.3) is 0 Å². The molecule has 0 saturated heterocycles. The lowest BCUT2D eigenvalue weighted by molar-refractivity contribution is -0.145. The first-order valence-corrected chi connectivity index (χ1v) is 11.2. The second kappa shape index (κ2) is 14.0. The molecule has 35 heavy (non-hydrogen) atoms. The molecule has 0 spiro atoms. The maximum Gasteiger partial charge on any atom is 0.326 e. The van der Waals surface area contributed by atoms with E-state index in [1.165, 1.54) is 6.92 Å². The number of hydrogen-bond donors (Lipinski definition) is 7. The largest absolute Gasteiger partial charge is 0.481 e. The summed E-state index contributed by atoms with van der Waals surface area (Å²) in [5, 5.41) is 35.4. The third-order valence-electron chi connectivity index (χ3n) is 5.49. The van der Waals surface area contributed by atoms with Gasteiger partial charge in [-0.25, -0.2) is 4.79 Å². The highest BCUT2D eigenvalue weighted by molar-refractivity contribution is 5.95. The number of carboxylic acids is 2. The van der Waals surface area contributed by atoms with Gasteiger partial charge in [-0.1, -0.05) is 50.6 Å². The van der Waals surface area contributed by atoms with E-state index in [1.807, 2.05) is 0 Å². The van der Waals surface area contributed by atoms with E-state index in [9.17, 15) is 39.3 Å². The van der Waals surface area contributed by atoms with Gasteiger partial charge in [0.15, 0.2) is 0 Å². The average Bonchev–Trinajstić information content (AvgIpc) is 2.79. The monoisotopic (exact) mass is 494 g/mol. The molecule has 3 amide bonds. The molecule has 6 atom stereocenters. The Morgan fingerprint density at radius 3 is 1.94 bits per heavy atom. The standard InChI is InChI=1S/C23H34N4O8/c1-4-12(2)18(23(34)35)26-22(33)19(13(3)28)27-21(32)16(11-17(29)30)25-20(31)15(24)10-14-8-6-5-7-9-14/h5-9,12-13,15-16,18-19,28H,4,10-11,24H2,1-3H3,(H,25,31)(H,26,33)(H,27,32)(H,29,30)(H,34,35). The highest BCUT2D eigenvalue weighted by Gasteiger charge is 2.34. The van der Waals surface area contributed by atoms with Crippen LogP contribution in [0.4, 0.5) is 0 Å². The molecule has 1 aromatic rings. The second-order valence-electron chi connectivity index (χ2n) is 8.39. The van der Waals surface area contributed by atoms with Crippen molar-refractivity contribution in [2.24, 2.45) is 11.7 Å². The number of aliphatic hydroxyl groups is 1. The van der Waals surface area contributed by atoms with Crippen LogP contribution in [0.1, 0.15) is 39.2 Å². The number of nitrogens with one attached hydrogen (secondary N) is 3. The van der Waals surface area contributed by atoms with Crippen LogP contribution in [0.3, 0.4) is 0 Å². The van der Waals surface area contributed by atoms with Crippen LogP contribution >= 0.6 is 0 Å². The first-order valence-electron chi connectivity index (χ1n) is 11.2. The van der Waals surface area contributed by atoms with E-state index in [0.717, 1.165) is 5.56 Å². The molecule has 6 unspecified atom stereocenters. The topological polar surface area (TPSA) is 208 Å². The number of benzene rings is 1. The molecule has 0 aliphatic carbocycles. The van der Waals surface area contributed by atoms with Crippen LogP contribution in [0, 0.1) is 5.92 Å². The molecule has 0 aromatic heterocycles. The summed E-state index contributed by atoms with van der Waals surface area (Å²) < 4.78 is 0. The molecule has 1 rings (SSSR count). The minimum Gasteiger partial charge on any atom is -0.481 e. The van der Waals surface area contributed by atoms with Gasteiger partial charge in [0.25, 0.3) is 0 Å². The zero-order valence-corrected chi connectivity index (χ0v) is 19.9. The van der Waals surface area contributed by atoms with E-state index in [0.29, 0.717) is 6.42 Å². The lowest BCUT2D eigenvalue weighted by atomic mass is 9.98. The number of carbonyl (C=O) groups excluding carboxylic acids is 3. The summed E-state index contributed by atoms with van der Waals surface area (Å²) in [6.07, 6.45) is -1.68. The summed E-state index contributed by atoms with van der Waals surface area (Å²) in [5.41, 5.74) is 6.66. The van der Waals surface area contributed by atoms with Crippen molar-refractivity contribution < 1.29 is 39.3 Å². The Kier molecular flexibility index (Phi) is 11.8. The summed E-state index contributed by atoms with van der Waals surface area (Å²) >= 11 is 0. The summed E-state index contributed by atoms with van der Waals surface area (Å²) in [6, 6.07) is 3.28. The van der Waals surface area contributed by atoms with Crippen molar-refractivity contribution in [1.82, 2.24) is 16.0 Å². The van der Waals surface area contributed by atoms with Gasteiger partial charge < -0.3 is 37.0 Å². The Balaban J connectivity index is 2.95. The molecule has 0 saturated carbocycles. The number of hydrogen-bond acceptors (Lipinski definition) is 7. The Hall–Kier alpha value is -3.51. The molecule has 0 aliphatic rings. The van der Waals surface area contributed by atoms with Crippen molar-refractivity contribution in [3.8, 4) is 0 Å². The molecule has 0 aliphatic heterocycles. The predicted molar refractivity (Wildman–Crippen MR) is 125 cm³/mol. The SMILES string of the molecule is CCC(C)C(NC(=O)C(NC(=O)C(CC(=O)O)NC(=O)C(N)Cc1ccccc1)C(C)O)C(=O)O. The maximum atomic E-state index is 12.8. The quantitative estimate of drug-likeness (QED) is 0.169. The number of aliphatic hydroxyl groups excluding tert-OH is 1. The number of carbonyl (C=O) groups is 5. The van der Waals surface area contributed by atoms with Crippen molar-refractivity contribution in [3.05, 3.63) is 35.9 Å². The van der Waals surface area contributed by atoms with Gasteiger partial charge in [0.1, 0.15) is 18.1 Å². The summed E-state index contributed by atoms with van der Waals surface area (Å²) in [6.45, 7) is 4.55. The molecule has 12 heteroatoms. The number of amides is 3. The van der Waals surface area contributed by atoms with E-state index in [2.05, 4.69) is 16.0 Å². The first kappa shape index (κ1) is 29.5. The van der Waals surface area contributed by atoms with Crippen LogP contribution in [0.2, 0.25) is 0 Å². The Morgan fingerprint density at radius 2 is 1.46 bits per heavy atom. The van der Waals surface area contributed by atoms with Gasteiger partial charge in [-0.2, -0.15) is 0 Å². The predicted octanol–water partition coefficient (Wildman–Crippen LogP) is -1.00. The molecule has 12 nitrogen and oxygen atoms in total. The van der Waals surface area contributed by atoms with Crippen molar-refractivity contribution in [2.75, 3.05) is 0 Å². The van der Waals surface area contributed by atoms with Crippen molar-refractivity contribution in [1.29, 1.82) is 0 Å². The van der Waals surface area contributed by atoms with Crippen molar-refractivity contribution in [2.45, 2.75) is 70.3 Å². The number of aliphatic carboxylic acids is 2. The Bertz CT molecular complexity index is 893. The molecule has 194 valence electrons. The summed E-state index contributed by atoms with van der Waals surface area (Å²) in [4.78, 5) is 60.8. The van der Waals surface area contributed by atoms with Crippen molar-refractivity contribution >= 4 is 29.7 Å². The molecule has 1 aromatic carbocycles. The van der Waals surface area contributed by atoms with Crippen LogP contribution in [-0.4, -0.2) is 75.3 Å².